The fourth-order valence-electron chi connectivity index (χ4n) is 3.19. The van der Waals surface area contributed by atoms with Crippen LogP contribution in [-0.4, -0.2) is 79.9 Å². The van der Waals surface area contributed by atoms with E-state index in [0.717, 1.165) is 0 Å². The van der Waals surface area contributed by atoms with Gasteiger partial charge in [0.05, 0.1) is 18.8 Å². The van der Waals surface area contributed by atoms with E-state index in [1.54, 1.807) is 13.8 Å². The molecule has 0 bridgehead atoms. The van der Waals surface area contributed by atoms with Crippen molar-refractivity contribution in [1.29, 1.82) is 0 Å². The maximum atomic E-state index is 13.1. The summed E-state index contributed by atoms with van der Waals surface area (Å²) >= 11 is 0. The van der Waals surface area contributed by atoms with Gasteiger partial charge in [-0.05, 0) is 18.8 Å². The first-order valence-electron chi connectivity index (χ1n) is 11.2. The number of nitrogens with zero attached hydrogens (tertiary/aromatic N) is 1. The van der Waals surface area contributed by atoms with Gasteiger partial charge in [-0.2, -0.15) is 0 Å². The molecular weight excluding hydrogens is 478 g/mol. The zero-order chi connectivity index (χ0) is 27.4. The third-order valence-electron chi connectivity index (χ3n) is 4.97. The predicted octanol–water partition coefficient (Wildman–Crippen LogP) is -2.40. The highest BCUT2D eigenvalue weighted by atomic mass is 16.4. The second-order valence-corrected chi connectivity index (χ2v) is 8.64. The molecule has 0 aliphatic heterocycles. The first-order valence-corrected chi connectivity index (χ1v) is 11.2. The van der Waals surface area contributed by atoms with Gasteiger partial charge in [-0.3, -0.25) is 24.0 Å². The van der Waals surface area contributed by atoms with Crippen molar-refractivity contribution < 1.29 is 39.0 Å². The Morgan fingerprint density at radius 2 is 1.56 bits per heavy atom. The van der Waals surface area contributed by atoms with Crippen LogP contribution in [-0.2, 0) is 35.2 Å². The fraction of sp³-hybridized carbons (Fsp3) is 0.571. The van der Waals surface area contributed by atoms with Crippen molar-refractivity contribution in [1.82, 2.24) is 25.9 Å². The molecule has 0 aliphatic carbocycles. The van der Waals surface area contributed by atoms with Crippen molar-refractivity contribution in [2.45, 2.75) is 70.1 Å². The van der Waals surface area contributed by atoms with Crippen molar-refractivity contribution in [3.63, 3.8) is 0 Å². The molecule has 200 valence electrons. The summed E-state index contributed by atoms with van der Waals surface area (Å²) in [5.74, 6) is -6.04. The van der Waals surface area contributed by atoms with E-state index in [1.807, 2.05) is 0 Å². The van der Waals surface area contributed by atoms with Gasteiger partial charge in [0.15, 0.2) is 0 Å². The minimum Gasteiger partial charge on any atom is -0.481 e. The standard InChI is InChI=1S/C21H33N7O8/c1-10(2)5-15(21(35)36)28-19(33)13(3-4-17(30)31)26-20(34)14(6-11-8-24-9-25-11)27-18(32)12(22)7-16(23)29/h8-10,12-15H,3-7,22H2,1-2H3,(H2,23,29)(H,24,25)(H,26,34)(H,27,32)(H,28,33)(H,30,31)(H,35,36). The molecule has 15 nitrogen and oxygen atoms in total. The van der Waals surface area contributed by atoms with E-state index < -0.39 is 72.6 Å². The lowest BCUT2D eigenvalue weighted by atomic mass is 10.0. The van der Waals surface area contributed by atoms with Gasteiger partial charge >= 0.3 is 11.9 Å². The van der Waals surface area contributed by atoms with Gasteiger partial charge in [0.2, 0.25) is 23.6 Å². The predicted molar refractivity (Wildman–Crippen MR) is 124 cm³/mol. The minimum atomic E-state index is -1.41. The second kappa shape index (κ2) is 14.4. The van der Waals surface area contributed by atoms with Gasteiger partial charge in [-0.15, -0.1) is 0 Å². The Morgan fingerprint density at radius 3 is 2.06 bits per heavy atom. The van der Waals surface area contributed by atoms with Gasteiger partial charge in [0.25, 0.3) is 0 Å². The second-order valence-electron chi connectivity index (χ2n) is 8.64. The number of rotatable bonds is 16. The monoisotopic (exact) mass is 511 g/mol. The molecule has 0 aromatic carbocycles. The first kappa shape index (κ1) is 30.0. The summed E-state index contributed by atoms with van der Waals surface area (Å²) in [6.07, 6.45) is 1.42. The molecule has 4 atom stereocenters. The Hall–Kier alpha value is -4.01. The Labute approximate surface area is 206 Å². The third kappa shape index (κ3) is 10.9. The van der Waals surface area contributed by atoms with E-state index in [-0.39, 0.29) is 25.2 Å². The maximum absolute atomic E-state index is 13.1. The Kier molecular flexibility index (Phi) is 12.0. The van der Waals surface area contributed by atoms with E-state index in [9.17, 15) is 33.9 Å². The highest BCUT2D eigenvalue weighted by Crippen LogP contribution is 2.08. The number of carbonyl (C=O) groups excluding carboxylic acids is 4. The zero-order valence-corrected chi connectivity index (χ0v) is 20.0. The highest BCUT2D eigenvalue weighted by molar-refractivity contribution is 5.95. The summed E-state index contributed by atoms with van der Waals surface area (Å²) in [7, 11) is 0. The summed E-state index contributed by atoms with van der Waals surface area (Å²) in [5.41, 5.74) is 11.1. The van der Waals surface area contributed by atoms with Crippen LogP contribution >= 0.6 is 0 Å². The Bertz CT molecular complexity index is 935. The third-order valence-corrected chi connectivity index (χ3v) is 4.97. The largest absolute Gasteiger partial charge is 0.481 e. The average Bonchev–Trinajstić information content (AvgIpc) is 3.27. The number of aromatic amines is 1. The van der Waals surface area contributed by atoms with Crippen LogP contribution in [0, 0.1) is 5.92 Å². The number of nitrogens with one attached hydrogen (secondary N) is 4. The molecule has 36 heavy (non-hydrogen) atoms. The quantitative estimate of drug-likeness (QED) is 0.117. The fourth-order valence-corrected chi connectivity index (χ4v) is 3.19. The number of hydrogen-bond donors (Lipinski definition) is 8. The van der Waals surface area contributed by atoms with Crippen LogP contribution in [0.4, 0.5) is 0 Å². The number of H-pyrrole nitrogens is 1. The van der Waals surface area contributed by atoms with Gasteiger partial charge < -0.3 is 42.6 Å². The van der Waals surface area contributed by atoms with Crippen molar-refractivity contribution >= 4 is 35.6 Å². The number of amides is 4. The van der Waals surface area contributed by atoms with Gasteiger partial charge in [-0.1, -0.05) is 13.8 Å². The molecule has 4 amide bonds. The minimum absolute atomic E-state index is 0.0722. The SMILES string of the molecule is CC(C)CC(NC(=O)C(CCC(=O)O)NC(=O)C(Cc1cnc[nH]1)NC(=O)C(N)CC(N)=O)C(=O)O. The number of hydrogen-bond acceptors (Lipinski definition) is 8. The van der Waals surface area contributed by atoms with Crippen molar-refractivity contribution in [3.8, 4) is 0 Å². The lowest BCUT2D eigenvalue weighted by Gasteiger charge is -2.25. The number of aromatic nitrogens is 2. The number of carbonyl (C=O) groups is 6. The molecule has 10 N–H and O–H groups in total. The molecule has 1 rings (SSSR count). The van der Waals surface area contributed by atoms with Gasteiger partial charge in [-0.25, -0.2) is 9.78 Å². The van der Waals surface area contributed by atoms with Crippen LogP contribution in [0.25, 0.3) is 0 Å². The van der Waals surface area contributed by atoms with Crippen molar-refractivity contribution in [2.75, 3.05) is 0 Å². The Balaban J connectivity index is 3.09. The summed E-state index contributed by atoms with van der Waals surface area (Å²) in [6, 6.07) is -5.31. The summed E-state index contributed by atoms with van der Waals surface area (Å²) in [6.45, 7) is 3.52. The lowest BCUT2D eigenvalue weighted by Crippen LogP contribution is -2.58. The van der Waals surface area contributed by atoms with Gasteiger partial charge in [0, 0.05) is 24.7 Å². The number of carboxylic acid groups (broad SMARTS) is 2. The van der Waals surface area contributed by atoms with Crippen LogP contribution in [0.3, 0.4) is 0 Å². The number of carboxylic acids is 2. The van der Waals surface area contributed by atoms with E-state index in [4.69, 9.17) is 16.6 Å². The summed E-state index contributed by atoms with van der Waals surface area (Å²) in [4.78, 5) is 78.6. The molecule has 0 spiro atoms. The average molecular weight is 512 g/mol. The molecule has 0 fully saturated rings. The van der Waals surface area contributed by atoms with E-state index >= 15 is 0 Å². The molecule has 1 heterocycles. The van der Waals surface area contributed by atoms with Gasteiger partial charge in [0.1, 0.15) is 18.1 Å². The van der Waals surface area contributed by atoms with E-state index in [2.05, 4.69) is 25.9 Å². The molecule has 1 aromatic rings. The summed E-state index contributed by atoms with van der Waals surface area (Å²) in [5, 5.41) is 25.5. The molecule has 0 saturated carbocycles. The number of primary amides is 1. The smallest absolute Gasteiger partial charge is 0.326 e. The molecule has 4 unspecified atom stereocenters. The number of aliphatic carboxylic acids is 2. The Morgan fingerprint density at radius 1 is 0.972 bits per heavy atom. The first-order chi connectivity index (χ1) is 16.8. The van der Waals surface area contributed by atoms with Crippen LogP contribution in [0.2, 0.25) is 0 Å². The number of nitrogens with two attached hydrogens (primary N) is 2. The van der Waals surface area contributed by atoms with E-state index in [0.29, 0.717) is 5.69 Å². The molecule has 0 saturated heterocycles. The molecular formula is C21H33N7O8. The highest BCUT2D eigenvalue weighted by Gasteiger charge is 2.31. The topological polar surface area (TPSA) is 260 Å². The number of imidazole rings is 1. The molecule has 0 radical (unpaired) electrons. The molecule has 15 heteroatoms. The van der Waals surface area contributed by atoms with Crippen LogP contribution in [0.5, 0.6) is 0 Å². The summed E-state index contributed by atoms with van der Waals surface area (Å²) < 4.78 is 0. The molecule has 1 aromatic heterocycles. The maximum Gasteiger partial charge on any atom is 0.326 e. The van der Waals surface area contributed by atoms with Crippen LogP contribution < -0.4 is 27.4 Å². The lowest BCUT2D eigenvalue weighted by molar-refractivity contribution is -0.143. The zero-order valence-electron chi connectivity index (χ0n) is 20.0. The van der Waals surface area contributed by atoms with Crippen molar-refractivity contribution in [2.24, 2.45) is 17.4 Å². The van der Waals surface area contributed by atoms with Crippen LogP contribution in [0.1, 0.15) is 45.2 Å². The van der Waals surface area contributed by atoms with Crippen LogP contribution in [0.15, 0.2) is 12.5 Å². The molecule has 0 aliphatic rings. The van der Waals surface area contributed by atoms with E-state index in [1.165, 1.54) is 12.5 Å². The normalized spacial score (nSPS) is 14.2. The van der Waals surface area contributed by atoms with Crippen molar-refractivity contribution in [3.05, 3.63) is 18.2 Å².